The van der Waals surface area contributed by atoms with Crippen molar-refractivity contribution in [1.82, 2.24) is 5.32 Å². The van der Waals surface area contributed by atoms with Gasteiger partial charge >= 0.3 is 0 Å². The molecule has 0 aromatic heterocycles. The van der Waals surface area contributed by atoms with Crippen molar-refractivity contribution in [1.29, 1.82) is 0 Å². The van der Waals surface area contributed by atoms with E-state index in [4.69, 9.17) is 4.74 Å². The lowest BCUT2D eigenvalue weighted by molar-refractivity contribution is 0.154. The Morgan fingerprint density at radius 3 is 2.21 bits per heavy atom. The summed E-state index contributed by atoms with van der Waals surface area (Å²) in [5.74, 6) is 0.904. The van der Waals surface area contributed by atoms with Crippen molar-refractivity contribution in [2.75, 3.05) is 13.2 Å². The molecular weight excluding hydrogens is 238 g/mol. The van der Waals surface area contributed by atoms with Gasteiger partial charge in [0.25, 0.3) is 0 Å². The van der Waals surface area contributed by atoms with E-state index in [1.807, 2.05) is 39.8 Å². The smallest absolute Gasteiger partial charge is 0.119 e. The number of rotatable bonds is 7. The highest BCUT2D eigenvalue weighted by molar-refractivity contribution is 5.29. The number of ether oxygens (including phenoxy) is 1. The minimum absolute atomic E-state index is 0.0883. The summed E-state index contributed by atoms with van der Waals surface area (Å²) in [5, 5.41) is 12.7. The third-order valence-electron chi connectivity index (χ3n) is 3.07. The zero-order valence-electron chi connectivity index (χ0n) is 12.7. The van der Waals surface area contributed by atoms with Crippen LogP contribution in [0.15, 0.2) is 24.3 Å². The predicted octanol–water partition coefficient (Wildman–Crippen LogP) is 3.14. The maximum Gasteiger partial charge on any atom is 0.119 e. The summed E-state index contributed by atoms with van der Waals surface area (Å²) in [6.07, 6.45) is 0.201. The number of hydrogen-bond acceptors (Lipinski definition) is 3. The molecule has 0 fully saturated rings. The van der Waals surface area contributed by atoms with Crippen molar-refractivity contribution in [2.24, 2.45) is 5.41 Å². The van der Waals surface area contributed by atoms with E-state index in [1.54, 1.807) is 0 Å². The fourth-order valence-corrected chi connectivity index (χ4v) is 1.71. The van der Waals surface area contributed by atoms with E-state index in [-0.39, 0.29) is 24.2 Å². The SMILES string of the molecule is CC(C)Oc1ccc(C(C)NCC(C)(C)CO)cc1. The van der Waals surface area contributed by atoms with Gasteiger partial charge in [-0.1, -0.05) is 26.0 Å². The molecule has 0 radical (unpaired) electrons. The Balaban J connectivity index is 2.55. The van der Waals surface area contributed by atoms with Crippen molar-refractivity contribution in [3.05, 3.63) is 29.8 Å². The largest absolute Gasteiger partial charge is 0.491 e. The fourth-order valence-electron chi connectivity index (χ4n) is 1.71. The van der Waals surface area contributed by atoms with Crippen LogP contribution in [0, 0.1) is 5.41 Å². The summed E-state index contributed by atoms with van der Waals surface area (Å²) in [7, 11) is 0. The highest BCUT2D eigenvalue weighted by atomic mass is 16.5. The van der Waals surface area contributed by atoms with E-state index in [2.05, 4.69) is 24.4 Å². The van der Waals surface area contributed by atoms with Crippen molar-refractivity contribution >= 4 is 0 Å². The molecule has 1 aromatic rings. The van der Waals surface area contributed by atoms with Crippen LogP contribution in [-0.4, -0.2) is 24.4 Å². The number of hydrogen-bond donors (Lipinski definition) is 2. The molecule has 1 unspecified atom stereocenters. The monoisotopic (exact) mass is 265 g/mol. The predicted molar refractivity (Wildman–Crippen MR) is 79.5 cm³/mol. The second kappa shape index (κ2) is 6.92. The molecule has 0 saturated heterocycles. The Labute approximate surface area is 117 Å². The molecule has 0 heterocycles. The zero-order valence-corrected chi connectivity index (χ0v) is 12.7. The van der Waals surface area contributed by atoms with Crippen molar-refractivity contribution in [3.8, 4) is 5.75 Å². The number of aliphatic hydroxyl groups excluding tert-OH is 1. The average Bonchev–Trinajstić information content (AvgIpc) is 2.36. The maximum atomic E-state index is 9.24. The summed E-state index contributed by atoms with van der Waals surface area (Å²) in [6.45, 7) is 11.2. The third kappa shape index (κ3) is 5.62. The molecule has 0 aliphatic rings. The lowest BCUT2D eigenvalue weighted by atomic mass is 9.94. The van der Waals surface area contributed by atoms with Gasteiger partial charge in [-0.2, -0.15) is 0 Å². The Bertz CT molecular complexity index is 371. The van der Waals surface area contributed by atoms with Gasteiger partial charge in [0.05, 0.1) is 6.10 Å². The van der Waals surface area contributed by atoms with Crippen molar-refractivity contribution < 1.29 is 9.84 Å². The minimum atomic E-state index is -0.0883. The average molecular weight is 265 g/mol. The topological polar surface area (TPSA) is 41.5 Å². The Morgan fingerprint density at radius 2 is 1.74 bits per heavy atom. The molecule has 2 N–H and O–H groups in total. The van der Waals surface area contributed by atoms with E-state index in [1.165, 1.54) is 5.56 Å². The molecule has 1 aromatic carbocycles. The molecule has 19 heavy (non-hydrogen) atoms. The first kappa shape index (κ1) is 16.0. The van der Waals surface area contributed by atoms with E-state index in [0.717, 1.165) is 12.3 Å². The van der Waals surface area contributed by atoms with Crippen molar-refractivity contribution in [2.45, 2.75) is 46.8 Å². The third-order valence-corrected chi connectivity index (χ3v) is 3.07. The van der Waals surface area contributed by atoms with Gasteiger partial charge in [0.2, 0.25) is 0 Å². The fraction of sp³-hybridized carbons (Fsp3) is 0.625. The highest BCUT2D eigenvalue weighted by Crippen LogP contribution is 2.20. The molecule has 0 aliphatic heterocycles. The number of nitrogens with one attached hydrogen (secondary N) is 1. The first-order chi connectivity index (χ1) is 8.84. The van der Waals surface area contributed by atoms with Crippen LogP contribution in [0.25, 0.3) is 0 Å². The highest BCUT2D eigenvalue weighted by Gasteiger charge is 2.17. The molecule has 0 aliphatic carbocycles. The minimum Gasteiger partial charge on any atom is -0.491 e. The van der Waals surface area contributed by atoms with Crippen LogP contribution in [0.5, 0.6) is 5.75 Å². The summed E-state index contributed by atoms with van der Waals surface area (Å²) < 4.78 is 5.63. The summed E-state index contributed by atoms with van der Waals surface area (Å²) >= 11 is 0. The van der Waals surface area contributed by atoms with Crippen molar-refractivity contribution in [3.63, 3.8) is 0 Å². The van der Waals surface area contributed by atoms with Gasteiger partial charge in [0.1, 0.15) is 5.75 Å². The molecule has 108 valence electrons. The Kier molecular flexibility index (Phi) is 5.83. The second-order valence-corrected chi connectivity index (χ2v) is 6.16. The van der Waals surface area contributed by atoms with E-state index in [0.29, 0.717) is 0 Å². The van der Waals surface area contributed by atoms with Crippen LogP contribution in [0.2, 0.25) is 0 Å². The van der Waals surface area contributed by atoms with Gasteiger partial charge in [-0.15, -0.1) is 0 Å². The van der Waals surface area contributed by atoms with Gasteiger partial charge in [-0.25, -0.2) is 0 Å². The lowest BCUT2D eigenvalue weighted by Gasteiger charge is -2.25. The first-order valence-electron chi connectivity index (χ1n) is 6.95. The molecule has 3 nitrogen and oxygen atoms in total. The normalized spacial score (nSPS) is 13.6. The summed E-state index contributed by atoms with van der Waals surface area (Å²) in [5.41, 5.74) is 1.14. The van der Waals surface area contributed by atoms with Gasteiger partial charge < -0.3 is 15.2 Å². The molecule has 0 bridgehead atoms. The molecule has 1 atom stereocenters. The van der Waals surface area contributed by atoms with Crippen LogP contribution < -0.4 is 10.1 Å². The number of benzene rings is 1. The molecule has 3 heteroatoms. The Morgan fingerprint density at radius 1 is 1.16 bits per heavy atom. The van der Waals surface area contributed by atoms with Crippen LogP contribution in [0.4, 0.5) is 0 Å². The van der Waals surface area contributed by atoms with Gasteiger partial charge in [-0.05, 0) is 38.5 Å². The van der Waals surface area contributed by atoms with Crippen LogP contribution >= 0.6 is 0 Å². The van der Waals surface area contributed by atoms with Gasteiger partial charge in [-0.3, -0.25) is 0 Å². The summed E-state index contributed by atoms with van der Waals surface area (Å²) in [4.78, 5) is 0. The standard InChI is InChI=1S/C16H27NO2/c1-12(2)19-15-8-6-14(7-9-15)13(3)17-10-16(4,5)11-18/h6-9,12-13,17-18H,10-11H2,1-5H3. The van der Waals surface area contributed by atoms with E-state index >= 15 is 0 Å². The van der Waals surface area contributed by atoms with Crippen LogP contribution in [-0.2, 0) is 0 Å². The molecule has 0 amide bonds. The Hall–Kier alpha value is -1.06. The molecule has 0 spiro atoms. The van der Waals surface area contributed by atoms with Crippen LogP contribution in [0.1, 0.15) is 46.2 Å². The van der Waals surface area contributed by atoms with Gasteiger partial charge in [0, 0.05) is 24.6 Å². The second-order valence-electron chi connectivity index (χ2n) is 6.16. The zero-order chi connectivity index (χ0) is 14.5. The lowest BCUT2D eigenvalue weighted by Crippen LogP contribution is -2.33. The van der Waals surface area contributed by atoms with Crippen LogP contribution in [0.3, 0.4) is 0 Å². The van der Waals surface area contributed by atoms with Gasteiger partial charge in [0.15, 0.2) is 0 Å². The first-order valence-corrected chi connectivity index (χ1v) is 6.95. The molecule has 0 saturated carbocycles. The maximum absolute atomic E-state index is 9.24. The quantitative estimate of drug-likeness (QED) is 0.796. The molecule has 1 rings (SSSR count). The van der Waals surface area contributed by atoms with E-state index in [9.17, 15) is 5.11 Å². The molecular formula is C16H27NO2. The summed E-state index contributed by atoms with van der Waals surface area (Å²) in [6, 6.07) is 8.44. The number of aliphatic hydroxyl groups is 1. The van der Waals surface area contributed by atoms with E-state index < -0.39 is 0 Å².